The Bertz CT molecular complexity index is 1340. The molecule has 2 aromatic rings. The highest BCUT2D eigenvalue weighted by Gasteiger charge is 2.66. The summed E-state index contributed by atoms with van der Waals surface area (Å²) < 4.78 is 66.3. The summed E-state index contributed by atoms with van der Waals surface area (Å²) in [7, 11) is 0. The van der Waals surface area contributed by atoms with Gasteiger partial charge < -0.3 is 30.1 Å². The molecule has 6 rings (SSSR count). The van der Waals surface area contributed by atoms with Gasteiger partial charge in [-0.2, -0.15) is 13.2 Å². The van der Waals surface area contributed by atoms with E-state index in [0.717, 1.165) is 35.1 Å². The van der Waals surface area contributed by atoms with Crippen LogP contribution in [0.15, 0.2) is 42.5 Å². The number of amides is 3. The average molecular weight is 581 g/mol. The second kappa shape index (κ2) is 10.9. The number of rotatable bonds is 9. The van der Waals surface area contributed by atoms with Crippen LogP contribution in [0.3, 0.4) is 0 Å². The Morgan fingerprint density at radius 3 is 2.61 bits per heavy atom. The van der Waals surface area contributed by atoms with Crippen molar-refractivity contribution >= 4 is 23.6 Å². The molecule has 4 aliphatic rings. The van der Waals surface area contributed by atoms with Gasteiger partial charge in [-0.05, 0) is 60.7 Å². The third-order valence-electron chi connectivity index (χ3n) is 7.58. The first-order valence-electron chi connectivity index (χ1n) is 13.0. The number of anilines is 1. The maximum Gasteiger partial charge on any atom is 0.408 e. The van der Waals surface area contributed by atoms with Crippen molar-refractivity contribution in [2.75, 3.05) is 18.4 Å². The normalized spacial score (nSPS) is 23.5. The first kappa shape index (κ1) is 28.8. The van der Waals surface area contributed by atoms with Gasteiger partial charge in [0, 0.05) is 18.8 Å². The van der Waals surface area contributed by atoms with Crippen molar-refractivity contribution in [2.45, 2.75) is 63.2 Å². The van der Waals surface area contributed by atoms with Crippen molar-refractivity contribution in [3.63, 3.8) is 0 Å². The Morgan fingerprint density at radius 2 is 1.93 bits per heavy atom. The maximum absolute atomic E-state index is 13.7. The van der Waals surface area contributed by atoms with Crippen molar-refractivity contribution in [3.8, 4) is 0 Å². The quantitative estimate of drug-likeness (QED) is 0.389. The van der Waals surface area contributed by atoms with Gasteiger partial charge in [0.2, 0.25) is 12.3 Å². The Labute approximate surface area is 232 Å². The molecule has 4 atom stereocenters. The first-order chi connectivity index (χ1) is 19.4. The van der Waals surface area contributed by atoms with Gasteiger partial charge in [-0.1, -0.05) is 18.2 Å². The van der Waals surface area contributed by atoms with Crippen LogP contribution >= 0.6 is 0 Å². The van der Waals surface area contributed by atoms with Crippen molar-refractivity contribution in [2.24, 2.45) is 0 Å². The number of ether oxygens (including phenoxy) is 2. The molecule has 3 N–H and O–H groups in total. The van der Waals surface area contributed by atoms with E-state index >= 15 is 0 Å². The molecule has 41 heavy (non-hydrogen) atoms. The van der Waals surface area contributed by atoms with E-state index < -0.39 is 54.2 Å². The summed E-state index contributed by atoms with van der Waals surface area (Å²) in [6, 6.07) is 7.50. The standard InChI is InChI=1S/C27H28F4N4O6/c1-15(27(29,30)31)34(13-16-2-4-18(28)5-3-16)21(36)14-35-23-26(41-25(35)40-23)10-8-17-12-19(6-7-20(17)26)33-24(39)32-11-9-22(37)38/h2-7,12,15,23,25H,8-11,13-14H2,1H3,(H,37,38)(H2,32,33,39)/t15-,23?,25?,26+/m0/s1. The lowest BCUT2D eigenvalue weighted by molar-refractivity contribution is -0.285. The molecule has 220 valence electrons. The minimum absolute atomic E-state index is 0.0267. The number of hydrogen-bond acceptors (Lipinski definition) is 6. The van der Waals surface area contributed by atoms with Gasteiger partial charge in [-0.15, -0.1) is 0 Å². The third kappa shape index (κ3) is 5.72. The highest BCUT2D eigenvalue weighted by atomic mass is 19.4. The third-order valence-corrected chi connectivity index (χ3v) is 7.58. The van der Waals surface area contributed by atoms with E-state index in [4.69, 9.17) is 14.6 Å². The minimum atomic E-state index is -4.67. The molecule has 10 nitrogen and oxygen atoms in total. The topological polar surface area (TPSA) is 120 Å². The molecule has 2 aromatic carbocycles. The number of carbonyl (C=O) groups excluding carboxylic acids is 2. The van der Waals surface area contributed by atoms with E-state index in [2.05, 4.69) is 10.6 Å². The van der Waals surface area contributed by atoms with E-state index in [1.54, 1.807) is 23.1 Å². The summed E-state index contributed by atoms with van der Waals surface area (Å²) in [5, 5.41) is 13.8. The van der Waals surface area contributed by atoms with Gasteiger partial charge >= 0.3 is 18.2 Å². The molecule has 2 bridgehead atoms. The number of benzene rings is 2. The fourth-order valence-corrected chi connectivity index (χ4v) is 5.42. The van der Waals surface area contributed by atoms with Crippen molar-refractivity contribution in [3.05, 3.63) is 65.0 Å². The molecule has 3 heterocycles. The summed E-state index contributed by atoms with van der Waals surface area (Å²) in [6.07, 6.45) is -5.40. The second-order valence-electron chi connectivity index (χ2n) is 10.2. The Balaban J connectivity index is 1.27. The van der Waals surface area contributed by atoms with Crippen LogP contribution in [0.1, 0.15) is 36.5 Å². The Morgan fingerprint density at radius 1 is 1.20 bits per heavy atom. The molecule has 3 saturated heterocycles. The molecule has 1 aliphatic carbocycles. The number of carboxylic acids is 1. The van der Waals surface area contributed by atoms with E-state index in [-0.39, 0.29) is 26.1 Å². The molecule has 3 amide bonds. The Kier molecular flexibility index (Phi) is 7.66. The number of carbonyl (C=O) groups is 3. The summed E-state index contributed by atoms with van der Waals surface area (Å²) in [4.78, 5) is 38.2. The van der Waals surface area contributed by atoms with Crippen LogP contribution in [0.2, 0.25) is 0 Å². The summed E-state index contributed by atoms with van der Waals surface area (Å²) in [6.45, 7) is 0.162. The smallest absolute Gasteiger partial charge is 0.408 e. The number of nitrogens with one attached hydrogen (secondary N) is 2. The molecule has 0 radical (unpaired) electrons. The van der Waals surface area contributed by atoms with E-state index in [9.17, 15) is 31.9 Å². The average Bonchev–Trinajstić information content (AvgIpc) is 3.56. The van der Waals surface area contributed by atoms with Crippen molar-refractivity contribution < 1.29 is 46.5 Å². The lowest BCUT2D eigenvalue weighted by Gasteiger charge is -2.41. The van der Waals surface area contributed by atoms with Crippen molar-refractivity contribution in [1.29, 1.82) is 0 Å². The van der Waals surface area contributed by atoms with Gasteiger partial charge in [0.15, 0.2) is 6.23 Å². The van der Waals surface area contributed by atoms with E-state index in [0.29, 0.717) is 24.1 Å². The molecule has 1 spiro atoms. The van der Waals surface area contributed by atoms with Crippen LogP contribution in [-0.4, -0.2) is 70.8 Å². The van der Waals surface area contributed by atoms with Crippen LogP contribution in [0, 0.1) is 5.82 Å². The summed E-state index contributed by atoms with van der Waals surface area (Å²) >= 11 is 0. The van der Waals surface area contributed by atoms with Gasteiger partial charge in [0.05, 0.1) is 13.0 Å². The SMILES string of the molecule is C[C@H](N(Cc1ccc(F)cc1)C(=O)CN1C2OC1[C@]1(CCc3cc(NC(=O)NCCC(=O)O)ccc31)O2)C(F)(F)F. The number of hydrogen-bond donors (Lipinski definition) is 3. The van der Waals surface area contributed by atoms with Crippen LogP contribution in [0.5, 0.6) is 0 Å². The largest absolute Gasteiger partial charge is 0.481 e. The predicted molar refractivity (Wildman–Crippen MR) is 135 cm³/mol. The van der Waals surface area contributed by atoms with Gasteiger partial charge in [-0.25, -0.2) is 14.1 Å². The molecule has 0 aromatic heterocycles. The molecular formula is C27H28F4N4O6. The maximum atomic E-state index is 13.7. The number of aryl methyl sites for hydroxylation is 1. The monoisotopic (exact) mass is 580 g/mol. The number of fused-ring (bicyclic) bond motifs is 1. The lowest BCUT2D eigenvalue weighted by atomic mass is 9.93. The first-order valence-corrected chi connectivity index (χ1v) is 13.0. The highest BCUT2D eigenvalue weighted by Crippen LogP contribution is 2.56. The van der Waals surface area contributed by atoms with Crippen LogP contribution in [0.25, 0.3) is 0 Å². The van der Waals surface area contributed by atoms with Gasteiger partial charge in [0.1, 0.15) is 17.5 Å². The number of aliphatic carboxylic acids is 1. The second-order valence-corrected chi connectivity index (χ2v) is 10.2. The molecular weight excluding hydrogens is 552 g/mol. The zero-order valence-electron chi connectivity index (χ0n) is 21.9. The zero-order chi connectivity index (χ0) is 29.5. The summed E-state index contributed by atoms with van der Waals surface area (Å²) in [5.74, 6) is -2.34. The molecule has 3 fully saturated rings. The van der Waals surface area contributed by atoms with Gasteiger partial charge in [-0.3, -0.25) is 9.59 Å². The van der Waals surface area contributed by atoms with E-state index in [1.807, 2.05) is 0 Å². The number of urea groups is 1. The van der Waals surface area contributed by atoms with E-state index in [1.165, 1.54) is 12.1 Å². The minimum Gasteiger partial charge on any atom is -0.481 e. The molecule has 14 heteroatoms. The van der Waals surface area contributed by atoms with Gasteiger partial charge in [0.25, 0.3) is 0 Å². The lowest BCUT2D eigenvalue weighted by Crippen LogP contribution is -2.59. The molecule has 0 saturated carbocycles. The number of nitrogens with zero attached hydrogens (tertiary/aromatic N) is 2. The highest BCUT2D eigenvalue weighted by molar-refractivity contribution is 5.89. The number of halogens is 4. The zero-order valence-corrected chi connectivity index (χ0v) is 21.9. The Hall–Kier alpha value is -3.75. The predicted octanol–water partition coefficient (Wildman–Crippen LogP) is 3.52. The fraction of sp³-hybridized carbons (Fsp3) is 0.444. The molecule has 2 unspecified atom stereocenters. The summed E-state index contributed by atoms with van der Waals surface area (Å²) in [5.41, 5.74) is 1.60. The van der Waals surface area contributed by atoms with Crippen LogP contribution < -0.4 is 10.6 Å². The van der Waals surface area contributed by atoms with Crippen LogP contribution in [0.4, 0.5) is 28.0 Å². The fourth-order valence-electron chi connectivity index (χ4n) is 5.42. The molecule has 3 aliphatic heterocycles. The number of carboxylic acid groups (broad SMARTS) is 1. The van der Waals surface area contributed by atoms with Crippen LogP contribution in [-0.2, 0) is 37.6 Å². The van der Waals surface area contributed by atoms with Crippen molar-refractivity contribution in [1.82, 2.24) is 15.1 Å². The number of alkyl halides is 3.